The van der Waals surface area contributed by atoms with Crippen LogP contribution in [0.15, 0.2) is 52.8 Å². The summed E-state index contributed by atoms with van der Waals surface area (Å²) in [5.74, 6) is -0.731. The van der Waals surface area contributed by atoms with Gasteiger partial charge in [0.05, 0.1) is 29.7 Å². The monoisotopic (exact) mass is 472 g/mol. The Bertz CT molecular complexity index is 1050. The van der Waals surface area contributed by atoms with Crippen LogP contribution in [0, 0.1) is 11.3 Å². The quantitative estimate of drug-likeness (QED) is 0.609. The number of nitrogens with one attached hydrogen (secondary N) is 2. The minimum Gasteiger partial charge on any atom is -0.350 e. The number of aryl methyl sites for hydroxylation is 1. The van der Waals surface area contributed by atoms with Crippen LogP contribution < -0.4 is 10.6 Å². The Kier molecular flexibility index (Phi) is 8.03. The Labute approximate surface area is 196 Å². The van der Waals surface area contributed by atoms with Crippen LogP contribution in [0.2, 0.25) is 10.0 Å². The molecule has 32 heavy (non-hydrogen) atoms. The Hall–Kier alpha value is -3.15. The summed E-state index contributed by atoms with van der Waals surface area (Å²) in [5, 5.41) is 25.2. The third-order valence-electron chi connectivity index (χ3n) is 4.97. The maximum Gasteiger partial charge on any atom is 0.252 e. The van der Waals surface area contributed by atoms with Gasteiger partial charge in [-0.15, -0.1) is 0 Å². The van der Waals surface area contributed by atoms with E-state index in [1.807, 2.05) is 31.2 Å². The smallest absolute Gasteiger partial charge is 0.252 e. The van der Waals surface area contributed by atoms with Gasteiger partial charge in [-0.05, 0) is 35.7 Å². The molecule has 1 heterocycles. The normalized spacial score (nSPS) is 15.8. The van der Waals surface area contributed by atoms with Crippen LogP contribution in [0.4, 0.5) is 0 Å². The molecule has 2 aromatic rings. The summed E-state index contributed by atoms with van der Waals surface area (Å²) in [7, 11) is 0. The lowest BCUT2D eigenvalue weighted by atomic mass is 10.0. The van der Waals surface area contributed by atoms with Gasteiger partial charge in [-0.25, -0.2) is 0 Å². The fraction of sp³-hybridized carbons (Fsp3) is 0.318. The SMILES string of the molecule is CCc1ccc(C(C#N)NC(=O)C2CN(CCNC(=O)c3cc(Cl)ccc3Cl)N=N2)cc1. The number of hydrogen-bond acceptors (Lipinski definition) is 6. The molecule has 8 nitrogen and oxygen atoms in total. The Balaban J connectivity index is 1.47. The molecule has 2 N–H and O–H groups in total. The number of halogens is 2. The third kappa shape index (κ3) is 5.96. The van der Waals surface area contributed by atoms with Crippen LogP contribution >= 0.6 is 23.2 Å². The van der Waals surface area contributed by atoms with Crippen molar-refractivity contribution in [1.82, 2.24) is 15.6 Å². The predicted molar refractivity (Wildman–Crippen MR) is 121 cm³/mol. The second-order valence-electron chi connectivity index (χ2n) is 7.18. The maximum absolute atomic E-state index is 12.6. The third-order valence-corrected chi connectivity index (χ3v) is 5.53. The number of nitriles is 1. The van der Waals surface area contributed by atoms with E-state index >= 15 is 0 Å². The number of carbonyl (C=O) groups excluding carboxylic acids is 2. The highest BCUT2D eigenvalue weighted by Crippen LogP contribution is 2.20. The van der Waals surface area contributed by atoms with Crippen molar-refractivity contribution in [1.29, 1.82) is 5.26 Å². The van der Waals surface area contributed by atoms with Gasteiger partial charge in [-0.2, -0.15) is 10.4 Å². The number of nitrogens with zero attached hydrogens (tertiary/aromatic N) is 4. The molecule has 166 valence electrons. The number of amides is 2. The molecule has 2 atom stereocenters. The molecule has 3 rings (SSSR count). The molecule has 10 heteroatoms. The molecular formula is C22H22Cl2N6O2. The average Bonchev–Trinajstić information content (AvgIpc) is 3.28. The van der Waals surface area contributed by atoms with E-state index in [2.05, 4.69) is 27.0 Å². The standard InChI is InChI=1S/C22H22Cl2N6O2/c1-2-14-3-5-15(6-4-14)19(12-25)27-22(32)20-13-30(29-28-20)10-9-26-21(31)17-11-16(23)7-8-18(17)24/h3-8,11,19-20H,2,9-10,13H2,1H3,(H,26,31)(H,27,32). The van der Waals surface area contributed by atoms with E-state index in [0.29, 0.717) is 22.2 Å². The van der Waals surface area contributed by atoms with Gasteiger partial charge in [0.25, 0.3) is 5.91 Å². The van der Waals surface area contributed by atoms with Crippen LogP contribution in [0.3, 0.4) is 0 Å². The summed E-state index contributed by atoms with van der Waals surface area (Å²) < 4.78 is 0. The zero-order valence-electron chi connectivity index (χ0n) is 17.4. The van der Waals surface area contributed by atoms with Gasteiger partial charge in [-0.1, -0.05) is 59.6 Å². The number of rotatable bonds is 8. The lowest BCUT2D eigenvalue weighted by Gasteiger charge is -2.16. The van der Waals surface area contributed by atoms with Crippen LogP contribution in [0.5, 0.6) is 0 Å². The largest absolute Gasteiger partial charge is 0.350 e. The van der Waals surface area contributed by atoms with Gasteiger partial charge in [0.15, 0.2) is 6.04 Å². The van der Waals surface area contributed by atoms with E-state index < -0.39 is 12.1 Å². The van der Waals surface area contributed by atoms with Crippen molar-refractivity contribution in [3.63, 3.8) is 0 Å². The molecule has 0 bridgehead atoms. The van der Waals surface area contributed by atoms with Gasteiger partial charge in [0, 0.05) is 11.6 Å². The van der Waals surface area contributed by atoms with E-state index in [1.54, 1.807) is 17.1 Å². The molecule has 2 unspecified atom stereocenters. The van der Waals surface area contributed by atoms with Gasteiger partial charge >= 0.3 is 0 Å². The van der Waals surface area contributed by atoms with Crippen molar-refractivity contribution >= 4 is 35.0 Å². The molecule has 0 fully saturated rings. The van der Waals surface area contributed by atoms with Crippen molar-refractivity contribution in [2.75, 3.05) is 19.6 Å². The first kappa shape index (κ1) is 23.5. The van der Waals surface area contributed by atoms with Crippen molar-refractivity contribution in [2.24, 2.45) is 10.3 Å². The predicted octanol–water partition coefficient (Wildman–Crippen LogP) is 3.72. The van der Waals surface area contributed by atoms with E-state index in [-0.39, 0.29) is 30.5 Å². The Morgan fingerprint density at radius 2 is 2.00 bits per heavy atom. The summed E-state index contributed by atoms with van der Waals surface area (Å²) in [5.41, 5.74) is 2.16. The zero-order chi connectivity index (χ0) is 23.1. The summed E-state index contributed by atoms with van der Waals surface area (Å²) in [6.45, 7) is 2.94. The first-order chi connectivity index (χ1) is 15.4. The topological polar surface area (TPSA) is 110 Å². The van der Waals surface area contributed by atoms with Gasteiger partial charge in [0.1, 0.15) is 6.04 Å². The summed E-state index contributed by atoms with van der Waals surface area (Å²) in [6, 6.07) is 12.8. The summed E-state index contributed by atoms with van der Waals surface area (Å²) in [4.78, 5) is 24.8. The molecule has 0 aromatic heterocycles. The first-order valence-corrected chi connectivity index (χ1v) is 10.8. The molecule has 0 saturated heterocycles. The lowest BCUT2D eigenvalue weighted by molar-refractivity contribution is -0.122. The highest BCUT2D eigenvalue weighted by molar-refractivity contribution is 6.35. The van der Waals surface area contributed by atoms with Crippen LogP contribution in [-0.4, -0.2) is 42.5 Å². The Morgan fingerprint density at radius 1 is 1.25 bits per heavy atom. The molecule has 0 radical (unpaired) electrons. The Morgan fingerprint density at radius 3 is 2.69 bits per heavy atom. The minimum atomic E-state index is -0.764. The number of benzene rings is 2. The van der Waals surface area contributed by atoms with Crippen LogP contribution in [-0.2, 0) is 11.2 Å². The van der Waals surface area contributed by atoms with Gasteiger partial charge in [0.2, 0.25) is 5.91 Å². The molecular weight excluding hydrogens is 451 g/mol. The first-order valence-electron chi connectivity index (χ1n) is 10.1. The fourth-order valence-electron chi connectivity index (χ4n) is 3.12. The van der Waals surface area contributed by atoms with Crippen molar-refractivity contribution in [3.05, 3.63) is 69.2 Å². The molecule has 1 aliphatic heterocycles. The average molecular weight is 473 g/mol. The van der Waals surface area contributed by atoms with E-state index in [9.17, 15) is 14.9 Å². The highest BCUT2D eigenvalue weighted by atomic mass is 35.5. The molecule has 0 aliphatic carbocycles. The second kappa shape index (κ2) is 10.9. The number of hydrogen-bond donors (Lipinski definition) is 2. The molecule has 1 aliphatic rings. The van der Waals surface area contributed by atoms with Crippen LogP contribution in [0.25, 0.3) is 0 Å². The minimum absolute atomic E-state index is 0.256. The molecule has 2 amide bonds. The highest BCUT2D eigenvalue weighted by Gasteiger charge is 2.28. The van der Waals surface area contributed by atoms with Crippen molar-refractivity contribution in [2.45, 2.75) is 25.4 Å². The number of carbonyl (C=O) groups is 2. The molecule has 2 aromatic carbocycles. The zero-order valence-corrected chi connectivity index (χ0v) is 18.9. The van der Waals surface area contributed by atoms with Gasteiger partial charge < -0.3 is 10.6 Å². The van der Waals surface area contributed by atoms with E-state index in [0.717, 1.165) is 12.0 Å². The second-order valence-corrected chi connectivity index (χ2v) is 8.02. The van der Waals surface area contributed by atoms with Crippen LogP contribution in [0.1, 0.15) is 34.5 Å². The van der Waals surface area contributed by atoms with E-state index in [4.69, 9.17) is 23.2 Å². The summed E-state index contributed by atoms with van der Waals surface area (Å²) in [6.07, 6.45) is 0.898. The molecule has 0 saturated carbocycles. The maximum atomic E-state index is 12.6. The summed E-state index contributed by atoms with van der Waals surface area (Å²) >= 11 is 11.9. The fourth-order valence-corrected chi connectivity index (χ4v) is 3.49. The van der Waals surface area contributed by atoms with Gasteiger partial charge in [-0.3, -0.25) is 14.6 Å². The van der Waals surface area contributed by atoms with Crippen molar-refractivity contribution in [3.8, 4) is 6.07 Å². The van der Waals surface area contributed by atoms with Crippen molar-refractivity contribution < 1.29 is 9.59 Å². The molecule has 0 spiro atoms. The lowest BCUT2D eigenvalue weighted by Crippen LogP contribution is -2.40. The van der Waals surface area contributed by atoms with E-state index in [1.165, 1.54) is 6.07 Å².